The molecule has 21 heavy (non-hydrogen) atoms. The molecule has 0 saturated heterocycles. The largest absolute Gasteiger partial charge is 0.508 e. The summed E-state index contributed by atoms with van der Waals surface area (Å²) in [6.45, 7) is 4.71. The maximum Gasteiger partial charge on any atom is 0.115 e. The summed E-state index contributed by atoms with van der Waals surface area (Å²) in [6, 6.07) is 5.90. The van der Waals surface area contributed by atoms with Gasteiger partial charge in [0.2, 0.25) is 0 Å². The van der Waals surface area contributed by atoms with Gasteiger partial charge in [-0.25, -0.2) is 0 Å². The van der Waals surface area contributed by atoms with Gasteiger partial charge >= 0.3 is 0 Å². The van der Waals surface area contributed by atoms with Gasteiger partial charge in [0.05, 0.1) is 6.10 Å². The van der Waals surface area contributed by atoms with Gasteiger partial charge in [0.15, 0.2) is 0 Å². The monoisotopic (exact) mass is 284 g/mol. The Kier molecular flexibility index (Phi) is 2.63. The number of hydrogen-bond acceptors (Lipinski definition) is 2. The van der Waals surface area contributed by atoms with Crippen LogP contribution in [0.1, 0.15) is 57.1 Å². The summed E-state index contributed by atoms with van der Waals surface area (Å²) in [5.41, 5.74) is 6.18. The molecule has 0 bridgehead atoms. The second-order valence-electron chi connectivity index (χ2n) is 7.75. The van der Waals surface area contributed by atoms with Gasteiger partial charge in [0.1, 0.15) is 5.75 Å². The number of allylic oxidation sites excluding steroid dienone is 1. The molecule has 1 aromatic carbocycles. The van der Waals surface area contributed by atoms with E-state index in [1.807, 2.05) is 12.1 Å². The van der Waals surface area contributed by atoms with E-state index in [-0.39, 0.29) is 16.9 Å². The Morgan fingerprint density at radius 3 is 2.71 bits per heavy atom. The Balaban J connectivity index is 1.90. The minimum Gasteiger partial charge on any atom is -0.508 e. The molecule has 0 aliphatic heterocycles. The molecular weight excluding hydrogens is 260 g/mol. The van der Waals surface area contributed by atoms with Gasteiger partial charge in [0, 0.05) is 5.41 Å². The van der Waals surface area contributed by atoms with E-state index in [1.54, 1.807) is 11.1 Å². The van der Waals surface area contributed by atoms with Crippen molar-refractivity contribution >= 4 is 0 Å². The van der Waals surface area contributed by atoms with Gasteiger partial charge in [0.25, 0.3) is 0 Å². The van der Waals surface area contributed by atoms with Crippen molar-refractivity contribution in [1.82, 2.24) is 0 Å². The lowest BCUT2D eigenvalue weighted by atomic mass is 9.56. The van der Waals surface area contributed by atoms with E-state index in [0.717, 1.165) is 32.1 Å². The second-order valence-corrected chi connectivity index (χ2v) is 7.75. The molecule has 2 heteroatoms. The van der Waals surface area contributed by atoms with Crippen LogP contribution in [0.4, 0.5) is 0 Å². The van der Waals surface area contributed by atoms with Crippen LogP contribution >= 0.6 is 0 Å². The van der Waals surface area contributed by atoms with Gasteiger partial charge in [-0.2, -0.15) is 0 Å². The average Bonchev–Trinajstić information content (AvgIpc) is 2.73. The van der Waals surface area contributed by atoms with Crippen molar-refractivity contribution in [2.75, 3.05) is 0 Å². The third-order valence-electron chi connectivity index (χ3n) is 6.39. The molecule has 3 aliphatic carbocycles. The summed E-state index contributed by atoms with van der Waals surface area (Å²) in [7, 11) is 0. The highest BCUT2D eigenvalue weighted by molar-refractivity contribution is 5.52. The summed E-state index contributed by atoms with van der Waals surface area (Å²) in [4.78, 5) is 0. The molecule has 112 valence electrons. The van der Waals surface area contributed by atoms with Crippen LogP contribution < -0.4 is 0 Å². The fraction of sp³-hybridized carbons (Fsp3) is 0.579. The van der Waals surface area contributed by atoms with E-state index in [9.17, 15) is 10.2 Å². The molecule has 1 saturated carbocycles. The summed E-state index contributed by atoms with van der Waals surface area (Å²) in [6.07, 6.45) is 6.08. The number of phenols is 1. The number of aromatic hydroxyl groups is 1. The van der Waals surface area contributed by atoms with E-state index in [0.29, 0.717) is 5.75 Å². The van der Waals surface area contributed by atoms with E-state index in [4.69, 9.17) is 0 Å². The first-order valence-electron chi connectivity index (χ1n) is 8.16. The number of aryl methyl sites for hydroxylation is 1. The maximum absolute atomic E-state index is 10.2. The predicted octanol–water partition coefficient (Wildman–Crippen LogP) is 3.85. The number of fused-ring (bicyclic) bond motifs is 4. The summed E-state index contributed by atoms with van der Waals surface area (Å²) < 4.78 is 0. The lowest BCUT2D eigenvalue weighted by Gasteiger charge is -2.48. The smallest absolute Gasteiger partial charge is 0.115 e. The van der Waals surface area contributed by atoms with Crippen molar-refractivity contribution in [2.45, 2.75) is 63.9 Å². The Hall–Kier alpha value is -1.28. The molecule has 1 fully saturated rings. The predicted molar refractivity (Wildman–Crippen MR) is 83.4 cm³/mol. The standard InChI is InChI=1S/C19H24O2/c1-18-7-8-19(2)15-6-4-13(20)9-12(15)3-5-16(19)17(18)10-14(21)11-18/h4,6,9,14,20-21H,3,5,7-8,10-11H2,1-2H3/t14-,18-,19+/m0/s1. The Morgan fingerprint density at radius 1 is 1.10 bits per heavy atom. The van der Waals surface area contributed by atoms with Crippen LogP contribution in [-0.4, -0.2) is 16.3 Å². The molecule has 3 aliphatic rings. The molecule has 0 heterocycles. The molecular formula is C19H24O2. The van der Waals surface area contributed by atoms with E-state index in [2.05, 4.69) is 19.9 Å². The van der Waals surface area contributed by atoms with Crippen molar-refractivity contribution in [1.29, 1.82) is 0 Å². The van der Waals surface area contributed by atoms with Crippen molar-refractivity contribution in [3.63, 3.8) is 0 Å². The van der Waals surface area contributed by atoms with Gasteiger partial charge < -0.3 is 10.2 Å². The SMILES string of the molecule is C[C@@]12CC[C@@]3(C)C(=C1C[C@H](O)C2)CCc1cc(O)ccc13. The Labute approximate surface area is 126 Å². The number of aliphatic hydroxyl groups excluding tert-OH is 1. The van der Waals surface area contributed by atoms with Crippen molar-refractivity contribution in [3.8, 4) is 5.75 Å². The number of aliphatic hydroxyl groups is 1. The zero-order valence-corrected chi connectivity index (χ0v) is 12.9. The summed E-state index contributed by atoms with van der Waals surface area (Å²) >= 11 is 0. The third kappa shape index (κ3) is 1.75. The second kappa shape index (κ2) is 4.13. The van der Waals surface area contributed by atoms with E-state index >= 15 is 0 Å². The first-order valence-corrected chi connectivity index (χ1v) is 8.16. The van der Waals surface area contributed by atoms with Crippen LogP contribution in [0.25, 0.3) is 0 Å². The van der Waals surface area contributed by atoms with Gasteiger partial charge in [-0.3, -0.25) is 0 Å². The maximum atomic E-state index is 10.2. The van der Waals surface area contributed by atoms with Crippen LogP contribution in [0.5, 0.6) is 5.75 Å². The molecule has 3 atom stereocenters. The molecule has 0 aromatic heterocycles. The lowest BCUT2D eigenvalue weighted by molar-refractivity contribution is 0.157. The zero-order valence-electron chi connectivity index (χ0n) is 12.9. The highest BCUT2D eigenvalue weighted by Gasteiger charge is 2.50. The van der Waals surface area contributed by atoms with E-state index < -0.39 is 0 Å². The number of benzene rings is 1. The van der Waals surface area contributed by atoms with Crippen LogP contribution in [-0.2, 0) is 11.8 Å². The van der Waals surface area contributed by atoms with Gasteiger partial charge in [-0.1, -0.05) is 31.1 Å². The molecule has 1 aromatic rings. The normalized spacial score (nSPS) is 38.0. The first kappa shape index (κ1) is 13.4. The van der Waals surface area contributed by atoms with Crippen molar-refractivity contribution < 1.29 is 10.2 Å². The Bertz CT molecular complexity index is 645. The fourth-order valence-electron chi connectivity index (χ4n) is 5.26. The average molecular weight is 284 g/mol. The van der Waals surface area contributed by atoms with Crippen LogP contribution in [0, 0.1) is 5.41 Å². The zero-order chi connectivity index (χ0) is 14.8. The van der Waals surface area contributed by atoms with Crippen LogP contribution in [0.2, 0.25) is 0 Å². The molecule has 2 nitrogen and oxygen atoms in total. The Morgan fingerprint density at radius 2 is 1.90 bits per heavy atom. The number of hydrogen-bond donors (Lipinski definition) is 2. The lowest BCUT2D eigenvalue weighted by Crippen LogP contribution is -2.38. The molecule has 0 amide bonds. The molecule has 0 radical (unpaired) electrons. The highest BCUT2D eigenvalue weighted by atomic mass is 16.3. The van der Waals surface area contributed by atoms with Crippen LogP contribution in [0.15, 0.2) is 29.3 Å². The highest BCUT2D eigenvalue weighted by Crippen LogP contribution is 2.59. The van der Waals surface area contributed by atoms with E-state index in [1.165, 1.54) is 17.5 Å². The molecule has 0 unspecified atom stereocenters. The quantitative estimate of drug-likeness (QED) is 0.710. The van der Waals surface area contributed by atoms with Crippen LogP contribution in [0.3, 0.4) is 0 Å². The minimum atomic E-state index is -0.152. The van der Waals surface area contributed by atoms with Crippen molar-refractivity contribution in [2.24, 2.45) is 5.41 Å². The summed E-state index contributed by atoms with van der Waals surface area (Å²) in [5.74, 6) is 0.380. The first-order chi connectivity index (χ1) is 9.92. The minimum absolute atomic E-state index is 0.111. The van der Waals surface area contributed by atoms with Gasteiger partial charge in [-0.15, -0.1) is 0 Å². The molecule has 0 spiro atoms. The number of phenolic OH excluding ortho intramolecular Hbond substituents is 1. The number of rotatable bonds is 0. The summed E-state index contributed by atoms with van der Waals surface area (Å²) in [5, 5.41) is 19.9. The van der Waals surface area contributed by atoms with Crippen molar-refractivity contribution in [3.05, 3.63) is 40.5 Å². The topological polar surface area (TPSA) is 40.5 Å². The third-order valence-corrected chi connectivity index (χ3v) is 6.39. The molecule has 4 rings (SSSR count). The fourth-order valence-corrected chi connectivity index (χ4v) is 5.26. The van der Waals surface area contributed by atoms with Gasteiger partial charge in [-0.05, 0) is 67.2 Å². The molecule has 2 N–H and O–H groups in total.